The normalized spacial score (nSPS) is 12.1. The van der Waals surface area contributed by atoms with Gasteiger partial charge in [-0.3, -0.25) is 0 Å². The molecular formula is C46H29N3. The molecule has 0 spiro atoms. The van der Waals surface area contributed by atoms with Crippen LogP contribution in [-0.4, -0.2) is 13.7 Å². The zero-order valence-electron chi connectivity index (χ0n) is 26.6. The van der Waals surface area contributed by atoms with Crippen LogP contribution in [0.25, 0.3) is 93.3 Å². The van der Waals surface area contributed by atoms with E-state index in [4.69, 9.17) is 0 Å². The molecule has 0 radical (unpaired) electrons. The first-order valence-electron chi connectivity index (χ1n) is 16.9. The molecule has 49 heavy (non-hydrogen) atoms. The third kappa shape index (κ3) is 3.67. The van der Waals surface area contributed by atoms with E-state index < -0.39 is 0 Å². The van der Waals surface area contributed by atoms with Gasteiger partial charge in [-0.2, -0.15) is 0 Å². The predicted molar refractivity (Wildman–Crippen MR) is 207 cm³/mol. The highest BCUT2D eigenvalue weighted by atomic mass is 15.0. The van der Waals surface area contributed by atoms with E-state index in [1.807, 2.05) is 0 Å². The van der Waals surface area contributed by atoms with E-state index in [0.717, 1.165) is 11.4 Å². The quantitative estimate of drug-likeness (QED) is 0.186. The molecule has 8 aromatic carbocycles. The average molecular weight is 624 g/mol. The van der Waals surface area contributed by atoms with Crippen LogP contribution in [0.2, 0.25) is 0 Å². The lowest BCUT2D eigenvalue weighted by atomic mass is 10.1. The number of nitrogens with zero attached hydrogens (tertiary/aromatic N) is 3. The van der Waals surface area contributed by atoms with Crippen molar-refractivity contribution in [3.63, 3.8) is 0 Å². The van der Waals surface area contributed by atoms with Gasteiger partial charge >= 0.3 is 0 Å². The van der Waals surface area contributed by atoms with Crippen molar-refractivity contribution in [3.05, 3.63) is 176 Å². The molecule has 0 aliphatic heterocycles. The minimum absolute atomic E-state index is 1.14. The lowest BCUT2D eigenvalue weighted by Crippen LogP contribution is -1.99. The molecule has 0 bridgehead atoms. The summed E-state index contributed by atoms with van der Waals surface area (Å²) in [5, 5.41) is 10.0. The Bertz CT molecular complexity index is 3060. The summed E-state index contributed by atoms with van der Waals surface area (Å²) in [6.07, 6.45) is 0. The number of hydrogen-bond acceptors (Lipinski definition) is 0. The first-order chi connectivity index (χ1) is 24.3. The van der Waals surface area contributed by atoms with Gasteiger partial charge in [0, 0.05) is 49.1 Å². The van der Waals surface area contributed by atoms with Gasteiger partial charge in [0.25, 0.3) is 0 Å². The Morgan fingerprint density at radius 2 is 0.653 bits per heavy atom. The first kappa shape index (κ1) is 26.5. The molecule has 11 rings (SSSR count). The fourth-order valence-electron chi connectivity index (χ4n) is 8.34. The standard InChI is InChI=1S/C46H29N3/c1-2-17-33-30(13-1)14-11-26-40(33)49-44-25-10-6-21-37(44)39-28-38-36-20-5-9-24-43(36)48(45(38)29-46(39)49)32-16-12-15-31(27-32)47-41-22-7-3-18-34(41)35-19-4-8-23-42(35)47/h1-29H. The number of rotatable bonds is 3. The van der Waals surface area contributed by atoms with Crippen LogP contribution in [0.15, 0.2) is 176 Å². The molecule has 0 unspecified atom stereocenters. The average Bonchev–Trinajstić information content (AvgIpc) is 3.79. The second kappa shape index (κ2) is 9.96. The largest absolute Gasteiger partial charge is 0.309 e. The van der Waals surface area contributed by atoms with Gasteiger partial charge in [-0.25, -0.2) is 0 Å². The van der Waals surface area contributed by atoms with Crippen LogP contribution in [0.1, 0.15) is 0 Å². The van der Waals surface area contributed by atoms with Crippen LogP contribution in [0.4, 0.5) is 0 Å². The van der Waals surface area contributed by atoms with E-state index in [1.165, 1.54) is 81.9 Å². The summed E-state index contributed by atoms with van der Waals surface area (Å²) >= 11 is 0. The zero-order chi connectivity index (χ0) is 32.1. The maximum atomic E-state index is 2.46. The summed E-state index contributed by atoms with van der Waals surface area (Å²) in [6.45, 7) is 0. The summed E-state index contributed by atoms with van der Waals surface area (Å²) in [5.74, 6) is 0. The van der Waals surface area contributed by atoms with Crippen molar-refractivity contribution in [2.75, 3.05) is 0 Å². The SMILES string of the molecule is c1cc(-n2c3ccccc3c3ccccc32)cc(-n2c3ccccc3c3cc4c5ccccc5n(-c5cccc6ccccc56)c4cc32)c1. The van der Waals surface area contributed by atoms with E-state index in [-0.39, 0.29) is 0 Å². The van der Waals surface area contributed by atoms with Crippen LogP contribution >= 0.6 is 0 Å². The van der Waals surface area contributed by atoms with Crippen LogP contribution < -0.4 is 0 Å². The van der Waals surface area contributed by atoms with Crippen molar-refractivity contribution in [2.45, 2.75) is 0 Å². The summed E-state index contributed by atoms with van der Waals surface area (Å²) in [6, 6.07) is 64.3. The van der Waals surface area contributed by atoms with Crippen molar-refractivity contribution in [1.29, 1.82) is 0 Å². The Morgan fingerprint density at radius 3 is 1.24 bits per heavy atom. The molecule has 11 aromatic rings. The van der Waals surface area contributed by atoms with Crippen molar-refractivity contribution < 1.29 is 0 Å². The van der Waals surface area contributed by atoms with Crippen LogP contribution in [0, 0.1) is 0 Å². The maximum Gasteiger partial charge on any atom is 0.0562 e. The smallest absolute Gasteiger partial charge is 0.0562 e. The van der Waals surface area contributed by atoms with Crippen molar-refractivity contribution >= 4 is 76.2 Å². The van der Waals surface area contributed by atoms with Gasteiger partial charge in [-0.1, -0.05) is 115 Å². The second-order valence-electron chi connectivity index (χ2n) is 13.0. The minimum Gasteiger partial charge on any atom is -0.309 e. The molecule has 0 aliphatic carbocycles. The Kier molecular flexibility index (Phi) is 5.38. The van der Waals surface area contributed by atoms with Gasteiger partial charge < -0.3 is 13.7 Å². The molecule has 3 heterocycles. The van der Waals surface area contributed by atoms with Crippen LogP contribution in [0.3, 0.4) is 0 Å². The molecule has 3 aromatic heterocycles. The highest BCUT2D eigenvalue weighted by molar-refractivity contribution is 6.19. The van der Waals surface area contributed by atoms with Gasteiger partial charge in [0.2, 0.25) is 0 Å². The highest BCUT2D eigenvalue weighted by Crippen LogP contribution is 2.41. The van der Waals surface area contributed by atoms with E-state index in [1.54, 1.807) is 0 Å². The zero-order valence-corrected chi connectivity index (χ0v) is 26.6. The molecule has 228 valence electrons. The minimum atomic E-state index is 1.14. The third-order valence-corrected chi connectivity index (χ3v) is 10.4. The molecule has 3 nitrogen and oxygen atoms in total. The fraction of sp³-hybridized carbons (Fsp3) is 0. The monoisotopic (exact) mass is 623 g/mol. The number of fused-ring (bicyclic) bond motifs is 10. The molecular weight excluding hydrogens is 595 g/mol. The Balaban J connectivity index is 1.24. The van der Waals surface area contributed by atoms with Gasteiger partial charge in [0.05, 0.1) is 38.8 Å². The summed E-state index contributed by atoms with van der Waals surface area (Å²) < 4.78 is 7.31. The molecule has 3 heteroatoms. The fourth-order valence-corrected chi connectivity index (χ4v) is 8.34. The van der Waals surface area contributed by atoms with Gasteiger partial charge in [-0.05, 0) is 66.0 Å². The van der Waals surface area contributed by atoms with Gasteiger partial charge in [-0.15, -0.1) is 0 Å². The Morgan fingerprint density at radius 1 is 0.245 bits per heavy atom. The molecule has 0 atom stereocenters. The molecule has 0 N–H and O–H groups in total. The number of aromatic nitrogens is 3. The lowest BCUT2D eigenvalue weighted by Gasteiger charge is -2.14. The summed E-state index contributed by atoms with van der Waals surface area (Å²) in [7, 11) is 0. The van der Waals surface area contributed by atoms with Crippen LogP contribution in [-0.2, 0) is 0 Å². The lowest BCUT2D eigenvalue weighted by molar-refractivity contribution is 1.13. The Hall–Kier alpha value is -6.58. The number of benzene rings is 8. The second-order valence-corrected chi connectivity index (χ2v) is 13.0. The highest BCUT2D eigenvalue weighted by Gasteiger charge is 2.20. The van der Waals surface area contributed by atoms with E-state index in [0.29, 0.717) is 0 Å². The summed E-state index contributed by atoms with van der Waals surface area (Å²) in [5.41, 5.74) is 10.7. The maximum absolute atomic E-state index is 2.46. The summed E-state index contributed by atoms with van der Waals surface area (Å²) in [4.78, 5) is 0. The number of para-hydroxylation sites is 4. The van der Waals surface area contributed by atoms with Crippen LogP contribution in [0.5, 0.6) is 0 Å². The predicted octanol–water partition coefficient (Wildman–Crippen LogP) is 12.1. The molecule has 0 saturated carbocycles. The van der Waals surface area contributed by atoms with E-state index in [9.17, 15) is 0 Å². The molecule has 0 amide bonds. The van der Waals surface area contributed by atoms with Crippen molar-refractivity contribution in [3.8, 4) is 17.1 Å². The number of hydrogen-bond donors (Lipinski definition) is 0. The molecule has 0 aliphatic rings. The van der Waals surface area contributed by atoms with Crippen molar-refractivity contribution in [1.82, 2.24) is 13.7 Å². The van der Waals surface area contributed by atoms with Gasteiger partial charge in [0.15, 0.2) is 0 Å². The van der Waals surface area contributed by atoms with E-state index >= 15 is 0 Å². The van der Waals surface area contributed by atoms with Gasteiger partial charge in [0.1, 0.15) is 0 Å². The molecule has 0 fully saturated rings. The van der Waals surface area contributed by atoms with E-state index in [2.05, 4.69) is 190 Å². The third-order valence-electron chi connectivity index (χ3n) is 10.4. The first-order valence-corrected chi connectivity index (χ1v) is 16.9. The molecule has 0 saturated heterocycles. The van der Waals surface area contributed by atoms with Crippen molar-refractivity contribution in [2.24, 2.45) is 0 Å². The Labute approximate surface area is 282 Å². The topological polar surface area (TPSA) is 14.8 Å².